The normalized spacial score (nSPS) is 14.2. The third-order valence-corrected chi connectivity index (χ3v) is 5.92. The SMILES string of the molecule is C=CNc1ccccc1C[C@@H](NC)C(=O)NC(CC1C=Nc2ccccc21)NC=O.C=O.CC.CNC(C)(C)C. The highest BCUT2D eigenvalue weighted by atomic mass is 16.2. The monoisotopic (exact) mass is 552 g/mol. The summed E-state index contributed by atoms with van der Waals surface area (Å²) in [4.78, 5) is 36.5. The predicted octanol–water partition coefficient (Wildman–Crippen LogP) is 4.30. The molecule has 0 fully saturated rings. The summed E-state index contributed by atoms with van der Waals surface area (Å²) in [5.41, 5.74) is 4.21. The minimum atomic E-state index is -0.505. The molecule has 0 aromatic heterocycles. The lowest BCUT2D eigenvalue weighted by molar-refractivity contribution is -0.124. The zero-order valence-corrected chi connectivity index (χ0v) is 25.1. The third kappa shape index (κ3) is 12.8. The van der Waals surface area contributed by atoms with Crippen LogP contribution in [0.5, 0.6) is 0 Å². The Bertz CT molecular complexity index is 1050. The van der Waals surface area contributed by atoms with E-state index in [1.54, 1.807) is 13.2 Å². The molecule has 0 saturated carbocycles. The summed E-state index contributed by atoms with van der Waals surface area (Å²) >= 11 is 0. The van der Waals surface area contributed by atoms with Crippen LogP contribution in [0.1, 0.15) is 58.1 Å². The molecule has 5 N–H and O–H groups in total. The molecule has 1 aliphatic heterocycles. The van der Waals surface area contributed by atoms with Gasteiger partial charge < -0.3 is 31.4 Å². The summed E-state index contributed by atoms with van der Waals surface area (Å²) in [5.74, 6) is -0.155. The van der Waals surface area contributed by atoms with Gasteiger partial charge in [-0.2, -0.15) is 0 Å². The molecule has 0 aliphatic carbocycles. The fraction of sp³-hybridized carbons (Fsp3) is 0.419. The fourth-order valence-corrected chi connectivity index (χ4v) is 3.63. The number of amides is 2. The van der Waals surface area contributed by atoms with E-state index in [-0.39, 0.29) is 11.8 Å². The molecule has 2 amide bonds. The van der Waals surface area contributed by atoms with Gasteiger partial charge in [-0.1, -0.05) is 56.8 Å². The molecular weight excluding hydrogens is 504 g/mol. The highest BCUT2D eigenvalue weighted by Gasteiger charge is 2.26. The Kier molecular flexibility index (Phi) is 18.2. The van der Waals surface area contributed by atoms with E-state index in [2.05, 4.69) is 58.9 Å². The molecule has 0 saturated heterocycles. The summed E-state index contributed by atoms with van der Waals surface area (Å²) < 4.78 is 0. The Balaban J connectivity index is 0.00000133. The maximum atomic E-state index is 12.9. The van der Waals surface area contributed by atoms with Gasteiger partial charge in [0.2, 0.25) is 12.3 Å². The number of rotatable bonds is 11. The molecule has 0 bridgehead atoms. The second-order valence-corrected chi connectivity index (χ2v) is 9.58. The highest BCUT2D eigenvalue weighted by molar-refractivity contribution is 5.83. The number of likely N-dealkylation sites (N-methyl/N-ethyl adjacent to an activating group) is 1. The molecule has 9 nitrogen and oxygen atoms in total. The van der Waals surface area contributed by atoms with Gasteiger partial charge in [-0.25, -0.2) is 0 Å². The van der Waals surface area contributed by atoms with Gasteiger partial charge in [-0.05, 0) is 77.2 Å². The number of anilines is 1. The number of nitrogens with one attached hydrogen (secondary N) is 5. The van der Waals surface area contributed by atoms with Gasteiger partial charge in [0.25, 0.3) is 0 Å². The van der Waals surface area contributed by atoms with Gasteiger partial charge in [0, 0.05) is 23.4 Å². The van der Waals surface area contributed by atoms with Gasteiger partial charge in [0.15, 0.2) is 0 Å². The maximum absolute atomic E-state index is 12.9. The van der Waals surface area contributed by atoms with Crippen LogP contribution in [-0.2, 0) is 20.8 Å². The van der Waals surface area contributed by atoms with E-state index in [9.17, 15) is 9.59 Å². The zero-order chi connectivity index (χ0) is 30.6. The Morgan fingerprint density at radius 2 is 1.65 bits per heavy atom. The molecule has 2 unspecified atom stereocenters. The van der Waals surface area contributed by atoms with Crippen molar-refractivity contribution in [2.45, 2.75) is 71.1 Å². The van der Waals surface area contributed by atoms with Gasteiger partial charge in [0.1, 0.15) is 13.0 Å². The first-order valence-corrected chi connectivity index (χ1v) is 13.5. The standard InChI is InChI=1S/C23H27N5O2.C5H13N.C2H6.CH2O/c1-3-25-19-10-6-4-8-16(19)12-21(24-2)23(30)28-22(27-15-29)13-17-14-26-20-11-7-5-9-18(17)20;1-5(2,3)6-4;2*1-2/h3-11,14-15,17,21-22,24-25H,1,12-13H2,2H3,(H,27,29)(H,28,30);6H,1-4H3;1-2H3;1H2/t17?,21-,22?;;;/m1.../s1. The quantitative estimate of drug-likeness (QED) is 0.209. The van der Waals surface area contributed by atoms with Crippen molar-refractivity contribution in [3.8, 4) is 0 Å². The van der Waals surface area contributed by atoms with E-state index in [0.29, 0.717) is 24.8 Å². The highest BCUT2D eigenvalue weighted by Crippen LogP contribution is 2.34. The first-order chi connectivity index (χ1) is 19.2. The molecule has 1 aliphatic rings. The van der Waals surface area contributed by atoms with E-state index in [0.717, 1.165) is 22.5 Å². The lowest BCUT2D eigenvalue weighted by Gasteiger charge is -2.24. The molecule has 40 heavy (non-hydrogen) atoms. The summed E-state index contributed by atoms with van der Waals surface area (Å²) in [7, 11) is 3.70. The Labute approximate surface area is 240 Å². The third-order valence-electron chi connectivity index (χ3n) is 5.92. The van der Waals surface area contributed by atoms with Crippen molar-refractivity contribution < 1.29 is 14.4 Å². The summed E-state index contributed by atoms with van der Waals surface area (Å²) in [6, 6.07) is 15.2. The average Bonchev–Trinajstić information content (AvgIpc) is 3.37. The molecule has 3 rings (SSSR count). The van der Waals surface area contributed by atoms with Crippen LogP contribution in [0, 0.1) is 0 Å². The van der Waals surface area contributed by atoms with Gasteiger partial charge in [-0.3, -0.25) is 14.6 Å². The second-order valence-electron chi connectivity index (χ2n) is 9.58. The van der Waals surface area contributed by atoms with Crippen molar-refractivity contribution in [2.75, 3.05) is 19.4 Å². The maximum Gasteiger partial charge on any atom is 0.239 e. The number of carbonyl (C=O) groups is 3. The van der Waals surface area contributed by atoms with Crippen molar-refractivity contribution in [2.24, 2.45) is 4.99 Å². The topological polar surface area (TPSA) is 124 Å². The van der Waals surface area contributed by atoms with Gasteiger partial charge >= 0.3 is 0 Å². The van der Waals surface area contributed by atoms with Crippen LogP contribution in [0.15, 0.2) is 66.3 Å². The number of carbonyl (C=O) groups excluding carboxylic acids is 3. The van der Waals surface area contributed by atoms with Crippen LogP contribution in [0.3, 0.4) is 0 Å². The van der Waals surface area contributed by atoms with Crippen molar-refractivity contribution in [3.63, 3.8) is 0 Å². The molecule has 3 atom stereocenters. The molecule has 2 aromatic carbocycles. The van der Waals surface area contributed by atoms with Gasteiger partial charge in [0.05, 0.1) is 11.7 Å². The van der Waals surface area contributed by atoms with Crippen LogP contribution in [-0.4, -0.2) is 57.2 Å². The minimum Gasteiger partial charge on any atom is -0.362 e. The Hall–Kier alpha value is -3.82. The average molecular weight is 553 g/mol. The van der Waals surface area contributed by atoms with E-state index in [4.69, 9.17) is 4.79 Å². The van der Waals surface area contributed by atoms with Crippen LogP contribution in [0.25, 0.3) is 0 Å². The smallest absolute Gasteiger partial charge is 0.239 e. The minimum absolute atomic E-state index is 0.0319. The lowest BCUT2D eigenvalue weighted by atomic mass is 9.96. The summed E-state index contributed by atoms with van der Waals surface area (Å²) in [6.07, 6.45) is 4.59. The molecule has 2 aromatic rings. The molecular formula is C31H48N6O3. The lowest BCUT2D eigenvalue weighted by Crippen LogP contribution is -2.52. The summed E-state index contributed by atoms with van der Waals surface area (Å²) in [5, 5.41) is 14.9. The van der Waals surface area contributed by atoms with E-state index >= 15 is 0 Å². The van der Waals surface area contributed by atoms with E-state index in [1.165, 1.54) is 0 Å². The number of nitrogens with zero attached hydrogens (tertiary/aromatic N) is 1. The second kappa shape index (κ2) is 20.1. The number of para-hydroxylation sites is 2. The van der Waals surface area contributed by atoms with Gasteiger partial charge in [-0.15, -0.1) is 0 Å². The molecule has 220 valence electrons. The number of fused-ring (bicyclic) bond motifs is 1. The van der Waals surface area contributed by atoms with Crippen molar-refractivity contribution in [1.82, 2.24) is 21.3 Å². The van der Waals surface area contributed by atoms with Crippen LogP contribution < -0.4 is 26.6 Å². The molecule has 1 heterocycles. The number of aliphatic imine (C=N–C) groups is 1. The number of benzene rings is 2. The zero-order valence-electron chi connectivity index (χ0n) is 25.1. The van der Waals surface area contributed by atoms with Crippen molar-refractivity contribution in [1.29, 1.82) is 0 Å². The van der Waals surface area contributed by atoms with Crippen LogP contribution in [0.2, 0.25) is 0 Å². The largest absolute Gasteiger partial charge is 0.362 e. The number of hydrogen-bond donors (Lipinski definition) is 5. The van der Waals surface area contributed by atoms with Crippen molar-refractivity contribution >= 4 is 36.7 Å². The number of hydrogen-bond acceptors (Lipinski definition) is 7. The van der Waals surface area contributed by atoms with E-state index < -0.39 is 12.2 Å². The fourth-order valence-electron chi connectivity index (χ4n) is 3.63. The molecule has 9 heteroatoms. The van der Waals surface area contributed by atoms with E-state index in [1.807, 2.05) is 82.4 Å². The first-order valence-electron chi connectivity index (χ1n) is 13.5. The van der Waals surface area contributed by atoms with Crippen LogP contribution in [0.4, 0.5) is 11.4 Å². The predicted molar refractivity (Wildman–Crippen MR) is 167 cm³/mol. The molecule has 0 spiro atoms. The van der Waals surface area contributed by atoms with Crippen LogP contribution >= 0.6 is 0 Å². The summed E-state index contributed by atoms with van der Waals surface area (Å²) in [6.45, 7) is 16.1. The Morgan fingerprint density at radius 3 is 2.23 bits per heavy atom. The molecule has 0 radical (unpaired) electrons. The van der Waals surface area contributed by atoms with Crippen molar-refractivity contribution in [3.05, 3.63) is 72.4 Å². The Morgan fingerprint density at radius 1 is 1.05 bits per heavy atom. The first kappa shape index (κ1) is 36.2.